The van der Waals surface area contributed by atoms with Crippen LogP contribution in [0.15, 0.2) is 55.0 Å². The van der Waals surface area contributed by atoms with E-state index in [4.69, 9.17) is 9.47 Å². The summed E-state index contributed by atoms with van der Waals surface area (Å²) in [4.78, 5) is 18.9. The van der Waals surface area contributed by atoms with E-state index in [1.165, 1.54) is 0 Å². The predicted octanol–water partition coefficient (Wildman–Crippen LogP) is 3.98. The number of ether oxygens (including phenoxy) is 2. The molecule has 3 aromatic rings. The van der Waals surface area contributed by atoms with Gasteiger partial charge in [0, 0.05) is 43.8 Å². The first kappa shape index (κ1) is 25.2. The summed E-state index contributed by atoms with van der Waals surface area (Å²) in [6.45, 7) is 11.8. The highest BCUT2D eigenvalue weighted by Crippen LogP contribution is 2.29. The van der Waals surface area contributed by atoms with Crippen LogP contribution in [0.4, 0.5) is 0 Å². The Morgan fingerprint density at radius 2 is 1.76 bits per heavy atom. The number of carbonyl (C=O) groups is 1. The molecule has 0 aliphatic heterocycles. The van der Waals surface area contributed by atoms with Gasteiger partial charge in [0.05, 0.1) is 6.61 Å². The molecule has 0 saturated carbocycles. The van der Waals surface area contributed by atoms with E-state index in [0.29, 0.717) is 31.2 Å². The van der Waals surface area contributed by atoms with Gasteiger partial charge in [-0.2, -0.15) is 5.10 Å². The van der Waals surface area contributed by atoms with Gasteiger partial charge in [-0.15, -0.1) is 0 Å². The van der Waals surface area contributed by atoms with Crippen molar-refractivity contribution < 1.29 is 14.3 Å². The van der Waals surface area contributed by atoms with Crippen LogP contribution in [0.2, 0.25) is 0 Å². The molecule has 0 saturated heterocycles. The van der Waals surface area contributed by atoms with Gasteiger partial charge in [-0.1, -0.05) is 12.1 Å². The average Bonchev–Trinajstić information content (AvgIpc) is 3.34. The molecule has 182 valence electrons. The third kappa shape index (κ3) is 6.81. The second kappa shape index (κ2) is 12.2. The molecule has 0 unspecified atom stereocenters. The van der Waals surface area contributed by atoms with Crippen LogP contribution in [0, 0.1) is 0 Å². The lowest BCUT2D eigenvalue weighted by atomic mass is 10.2. The Labute approximate surface area is 201 Å². The molecule has 34 heavy (non-hydrogen) atoms. The van der Waals surface area contributed by atoms with Gasteiger partial charge in [0.2, 0.25) is 0 Å². The summed E-state index contributed by atoms with van der Waals surface area (Å²) in [6.07, 6.45) is 5.44. The fraction of sp³-hybridized carbons (Fsp3) is 0.423. The molecule has 0 bridgehead atoms. The summed E-state index contributed by atoms with van der Waals surface area (Å²) in [5.41, 5.74) is 2.15. The van der Waals surface area contributed by atoms with Crippen molar-refractivity contribution in [2.75, 3.05) is 13.2 Å². The van der Waals surface area contributed by atoms with Crippen LogP contribution in [0.25, 0.3) is 5.82 Å². The summed E-state index contributed by atoms with van der Waals surface area (Å²) < 4.78 is 13.4. The van der Waals surface area contributed by atoms with Crippen LogP contribution in [-0.4, -0.2) is 50.9 Å². The number of rotatable bonds is 12. The minimum Gasteiger partial charge on any atom is -0.490 e. The molecule has 0 spiro atoms. The van der Waals surface area contributed by atoms with Crippen LogP contribution in [0.3, 0.4) is 0 Å². The van der Waals surface area contributed by atoms with Gasteiger partial charge in [0.25, 0.3) is 5.91 Å². The molecule has 1 aromatic carbocycles. The molecular formula is C26H35N5O3. The normalized spacial score (nSPS) is 11.1. The fourth-order valence-electron chi connectivity index (χ4n) is 3.85. The zero-order chi connectivity index (χ0) is 24.5. The molecule has 0 fully saturated rings. The average molecular weight is 466 g/mol. The molecule has 2 heterocycles. The van der Waals surface area contributed by atoms with Crippen molar-refractivity contribution in [2.45, 2.75) is 59.8 Å². The van der Waals surface area contributed by atoms with Crippen LogP contribution < -0.4 is 14.8 Å². The van der Waals surface area contributed by atoms with E-state index >= 15 is 0 Å². The van der Waals surface area contributed by atoms with E-state index < -0.39 is 0 Å². The third-order valence-electron chi connectivity index (χ3n) is 5.27. The lowest BCUT2D eigenvalue weighted by Crippen LogP contribution is -2.44. The van der Waals surface area contributed by atoms with Gasteiger partial charge in [-0.05, 0) is 70.0 Å². The van der Waals surface area contributed by atoms with E-state index in [2.05, 4.69) is 15.4 Å². The lowest BCUT2D eigenvalue weighted by Gasteiger charge is -2.30. The molecule has 8 heteroatoms. The molecule has 0 radical (unpaired) electrons. The van der Waals surface area contributed by atoms with E-state index in [-0.39, 0.29) is 24.6 Å². The van der Waals surface area contributed by atoms with Crippen molar-refractivity contribution in [1.29, 1.82) is 0 Å². The first-order valence-corrected chi connectivity index (χ1v) is 11.7. The Morgan fingerprint density at radius 1 is 1.03 bits per heavy atom. The highest BCUT2D eigenvalue weighted by Gasteiger charge is 2.21. The van der Waals surface area contributed by atoms with E-state index in [0.717, 1.165) is 16.9 Å². The number of amides is 1. The Kier molecular flexibility index (Phi) is 9.04. The number of pyridine rings is 1. The van der Waals surface area contributed by atoms with Crippen LogP contribution >= 0.6 is 0 Å². The summed E-state index contributed by atoms with van der Waals surface area (Å²) >= 11 is 0. The maximum atomic E-state index is 12.6. The third-order valence-corrected chi connectivity index (χ3v) is 5.27. The van der Waals surface area contributed by atoms with E-state index in [1.54, 1.807) is 10.9 Å². The summed E-state index contributed by atoms with van der Waals surface area (Å²) in [5, 5.41) is 7.62. The minimum absolute atomic E-state index is 0.0183. The molecule has 3 rings (SSSR count). The quantitative estimate of drug-likeness (QED) is 0.436. The Balaban J connectivity index is 1.56. The topological polar surface area (TPSA) is 81.5 Å². The van der Waals surface area contributed by atoms with Crippen molar-refractivity contribution >= 4 is 5.91 Å². The molecule has 1 amide bonds. The number of hydrogen-bond donors (Lipinski definition) is 1. The van der Waals surface area contributed by atoms with Gasteiger partial charge < -0.3 is 19.7 Å². The molecule has 8 nitrogen and oxygen atoms in total. The Morgan fingerprint density at radius 3 is 2.38 bits per heavy atom. The molecule has 1 N–H and O–H groups in total. The van der Waals surface area contributed by atoms with Crippen LogP contribution in [-0.2, 0) is 17.9 Å². The molecule has 2 aromatic heterocycles. The highest BCUT2D eigenvalue weighted by atomic mass is 16.5. The maximum Gasteiger partial charge on any atom is 0.260 e. The van der Waals surface area contributed by atoms with Crippen molar-refractivity contribution in [3.05, 3.63) is 66.1 Å². The fourth-order valence-corrected chi connectivity index (χ4v) is 3.85. The first-order valence-electron chi connectivity index (χ1n) is 11.7. The first-order chi connectivity index (χ1) is 16.4. The minimum atomic E-state index is -0.0367. The zero-order valence-corrected chi connectivity index (χ0v) is 20.7. The zero-order valence-electron chi connectivity index (χ0n) is 20.7. The smallest absolute Gasteiger partial charge is 0.260 e. The Hall–Kier alpha value is -3.39. The molecule has 0 aliphatic rings. The second-order valence-electron chi connectivity index (χ2n) is 8.57. The summed E-state index contributed by atoms with van der Waals surface area (Å²) in [5.74, 6) is 1.96. The standard InChI is InChI=1S/C26H35N5O3/c1-6-33-24-14-21(8-10-23(24)34-18-26(32)31(19(2)3)20(4)5)15-27-16-22-9-11-25(28-17-22)30-13-7-12-29-30/h7-14,17,19-20,27H,6,15-16,18H2,1-5H3. The second-order valence-corrected chi connectivity index (χ2v) is 8.57. The highest BCUT2D eigenvalue weighted by molar-refractivity contribution is 5.78. The number of hydrogen-bond acceptors (Lipinski definition) is 6. The van der Waals surface area contributed by atoms with Crippen LogP contribution in [0.5, 0.6) is 11.5 Å². The summed E-state index contributed by atoms with van der Waals surface area (Å²) in [7, 11) is 0. The van der Waals surface area contributed by atoms with Gasteiger partial charge in [-0.25, -0.2) is 9.67 Å². The van der Waals surface area contributed by atoms with Crippen molar-refractivity contribution in [2.24, 2.45) is 0 Å². The van der Waals surface area contributed by atoms with Crippen molar-refractivity contribution in [3.63, 3.8) is 0 Å². The number of nitrogens with zero attached hydrogens (tertiary/aromatic N) is 4. The van der Waals surface area contributed by atoms with E-state index in [9.17, 15) is 4.79 Å². The monoisotopic (exact) mass is 465 g/mol. The van der Waals surface area contributed by atoms with Gasteiger partial charge in [0.1, 0.15) is 0 Å². The number of aromatic nitrogens is 3. The largest absolute Gasteiger partial charge is 0.490 e. The molecule has 0 atom stereocenters. The Bertz CT molecular complexity index is 1030. The van der Waals surface area contributed by atoms with Crippen molar-refractivity contribution in [1.82, 2.24) is 25.0 Å². The molecule has 0 aliphatic carbocycles. The van der Waals surface area contributed by atoms with Crippen LogP contribution in [0.1, 0.15) is 45.7 Å². The van der Waals surface area contributed by atoms with Gasteiger partial charge in [-0.3, -0.25) is 4.79 Å². The number of carbonyl (C=O) groups excluding carboxylic acids is 1. The van der Waals surface area contributed by atoms with Gasteiger partial charge in [0.15, 0.2) is 23.9 Å². The predicted molar refractivity (Wildman–Crippen MR) is 132 cm³/mol. The number of nitrogens with one attached hydrogen (secondary N) is 1. The van der Waals surface area contributed by atoms with Crippen molar-refractivity contribution in [3.8, 4) is 17.3 Å². The lowest BCUT2D eigenvalue weighted by molar-refractivity contribution is -0.137. The van der Waals surface area contributed by atoms with E-state index in [1.807, 2.05) is 88.3 Å². The molecular weight excluding hydrogens is 430 g/mol. The summed E-state index contributed by atoms with van der Waals surface area (Å²) in [6, 6.07) is 11.9. The maximum absolute atomic E-state index is 12.6. The van der Waals surface area contributed by atoms with Gasteiger partial charge >= 0.3 is 0 Å². The SMILES string of the molecule is CCOc1cc(CNCc2ccc(-n3cccn3)nc2)ccc1OCC(=O)N(C(C)C)C(C)C. The number of benzene rings is 1.